The number of rotatable bonds is 2. The number of hydrogen-bond acceptors (Lipinski definition) is 3. The highest BCUT2D eigenvalue weighted by Crippen LogP contribution is 2.23. The normalized spacial score (nSPS) is 29.4. The first kappa shape index (κ1) is 12.3. The minimum Gasteiger partial charge on any atom is -0.317 e. The number of piperazine rings is 1. The number of hydrogen-bond donors (Lipinski definition) is 1. The van der Waals surface area contributed by atoms with Gasteiger partial charge in [0, 0.05) is 31.7 Å². The molecule has 3 nitrogen and oxygen atoms in total. The molecule has 2 fully saturated rings. The largest absolute Gasteiger partial charge is 0.317 e. The third-order valence-corrected chi connectivity index (χ3v) is 4.20. The average Bonchev–Trinajstić information content (AvgIpc) is 2.23. The van der Waals surface area contributed by atoms with Crippen LogP contribution in [0, 0.1) is 5.92 Å². The fourth-order valence-electron chi connectivity index (χ4n) is 3.15. The molecule has 2 aliphatic heterocycles. The molecule has 0 amide bonds. The summed E-state index contributed by atoms with van der Waals surface area (Å²) in [4.78, 5) is 5.17. The molecule has 3 heteroatoms. The lowest BCUT2D eigenvalue weighted by molar-refractivity contribution is 0.0165. The zero-order valence-corrected chi connectivity index (χ0v) is 11.1. The summed E-state index contributed by atoms with van der Waals surface area (Å²) >= 11 is 0. The van der Waals surface area contributed by atoms with Crippen LogP contribution in [-0.4, -0.2) is 61.7 Å². The van der Waals surface area contributed by atoms with E-state index in [0.717, 1.165) is 5.92 Å². The molecule has 0 radical (unpaired) electrons. The number of likely N-dealkylation sites (N-methyl/N-ethyl adjacent to an activating group) is 1. The van der Waals surface area contributed by atoms with Crippen LogP contribution >= 0.6 is 0 Å². The van der Waals surface area contributed by atoms with E-state index in [-0.39, 0.29) is 0 Å². The topological polar surface area (TPSA) is 18.5 Å². The molecule has 0 aliphatic carbocycles. The van der Waals surface area contributed by atoms with Crippen molar-refractivity contribution in [2.45, 2.75) is 32.2 Å². The minimum absolute atomic E-state index is 0.359. The van der Waals surface area contributed by atoms with Crippen molar-refractivity contribution in [3.05, 3.63) is 0 Å². The molecule has 0 bridgehead atoms. The second-order valence-corrected chi connectivity index (χ2v) is 6.19. The highest BCUT2D eigenvalue weighted by Gasteiger charge is 2.33. The second-order valence-electron chi connectivity index (χ2n) is 6.19. The first-order chi connectivity index (χ1) is 7.58. The summed E-state index contributed by atoms with van der Waals surface area (Å²) in [6, 6.07) is 0. The second kappa shape index (κ2) is 5.03. The molecule has 0 aromatic rings. The Hall–Kier alpha value is -0.120. The Labute approximate surface area is 100 Å². The average molecular weight is 225 g/mol. The lowest BCUT2D eigenvalue weighted by Gasteiger charge is -2.47. The van der Waals surface area contributed by atoms with Gasteiger partial charge in [-0.25, -0.2) is 0 Å². The van der Waals surface area contributed by atoms with Crippen LogP contribution in [0.2, 0.25) is 0 Å². The van der Waals surface area contributed by atoms with Gasteiger partial charge in [-0.05, 0) is 52.7 Å². The van der Waals surface area contributed by atoms with E-state index in [0.29, 0.717) is 5.54 Å². The molecule has 0 aromatic heterocycles. The molecule has 2 heterocycles. The lowest BCUT2D eigenvalue weighted by Crippen LogP contribution is -2.59. The van der Waals surface area contributed by atoms with Crippen molar-refractivity contribution < 1.29 is 0 Å². The maximum absolute atomic E-state index is 3.45. The Kier molecular flexibility index (Phi) is 3.88. The SMILES string of the molecule is CN1CCN(CC2CCNCC2)C(C)(C)C1. The zero-order chi connectivity index (χ0) is 11.6. The fraction of sp³-hybridized carbons (Fsp3) is 1.00. The van der Waals surface area contributed by atoms with Gasteiger partial charge in [0.15, 0.2) is 0 Å². The van der Waals surface area contributed by atoms with Crippen LogP contribution < -0.4 is 5.32 Å². The smallest absolute Gasteiger partial charge is 0.0280 e. The van der Waals surface area contributed by atoms with Crippen LogP contribution in [-0.2, 0) is 0 Å². The van der Waals surface area contributed by atoms with Crippen molar-refractivity contribution in [3.63, 3.8) is 0 Å². The molecule has 2 saturated heterocycles. The molecule has 1 N–H and O–H groups in total. The van der Waals surface area contributed by atoms with E-state index in [1.54, 1.807) is 0 Å². The van der Waals surface area contributed by atoms with E-state index >= 15 is 0 Å². The van der Waals surface area contributed by atoms with Crippen molar-refractivity contribution in [1.82, 2.24) is 15.1 Å². The van der Waals surface area contributed by atoms with Crippen LogP contribution in [0.4, 0.5) is 0 Å². The van der Waals surface area contributed by atoms with Crippen LogP contribution in [0.1, 0.15) is 26.7 Å². The zero-order valence-electron chi connectivity index (χ0n) is 11.1. The molecule has 94 valence electrons. The van der Waals surface area contributed by atoms with Crippen molar-refractivity contribution in [1.29, 1.82) is 0 Å². The van der Waals surface area contributed by atoms with Gasteiger partial charge in [-0.1, -0.05) is 0 Å². The van der Waals surface area contributed by atoms with Gasteiger partial charge in [0.2, 0.25) is 0 Å². The van der Waals surface area contributed by atoms with Crippen molar-refractivity contribution in [2.75, 3.05) is 46.3 Å². The predicted molar refractivity (Wildman–Crippen MR) is 68.7 cm³/mol. The van der Waals surface area contributed by atoms with Gasteiger partial charge in [0.1, 0.15) is 0 Å². The Morgan fingerprint density at radius 1 is 1.19 bits per heavy atom. The van der Waals surface area contributed by atoms with E-state index in [9.17, 15) is 0 Å². The molecule has 0 spiro atoms. The van der Waals surface area contributed by atoms with Gasteiger partial charge < -0.3 is 10.2 Å². The summed E-state index contributed by atoms with van der Waals surface area (Å²) in [7, 11) is 2.24. The molecular formula is C13H27N3. The predicted octanol–water partition coefficient (Wildman–Crippen LogP) is 1.01. The van der Waals surface area contributed by atoms with E-state index in [2.05, 4.69) is 36.0 Å². The first-order valence-corrected chi connectivity index (χ1v) is 6.72. The van der Waals surface area contributed by atoms with E-state index in [4.69, 9.17) is 0 Å². The molecule has 0 atom stereocenters. The summed E-state index contributed by atoms with van der Waals surface area (Å²) in [6.07, 6.45) is 2.73. The molecule has 0 unspecified atom stereocenters. The Morgan fingerprint density at radius 3 is 2.50 bits per heavy atom. The molecule has 16 heavy (non-hydrogen) atoms. The van der Waals surface area contributed by atoms with Gasteiger partial charge in [-0.2, -0.15) is 0 Å². The Bertz CT molecular complexity index is 221. The summed E-state index contributed by atoms with van der Waals surface area (Å²) in [6.45, 7) is 12.2. The van der Waals surface area contributed by atoms with Crippen molar-refractivity contribution in [2.24, 2.45) is 5.92 Å². The highest BCUT2D eigenvalue weighted by atomic mass is 15.3. The van der Waals surface area contributed by atoms with Crippen molar-refractivity contribution in [3.8, 4) is 0 Å². The van der Waals surface area contributed by atoms with E-state index < -0.39 is 0 Å². The molecule has 2 aliphatic rings. The standard InChI is InChI=1S/C13H27N3/c1-13(2)11-15(3)8-9-16(13)10-12-4-6-14-7-5-12/h12,14H,4-11H2,1-3H3. The van der Waals surface area contributed by atoms with Gasteiger partial charge in [-0.15, -0.1) is 0 Å². The van der Waals surface area contributed by atoms with Gasteiger partial charge >= 0.3 is 0 Å². The summed E-state index contributed by atoms with van der Waals surface area (Å²) < 4.78 is 0. The van der Waals surface area contributed by atoms with Crippen LogP contribution in [0.5, 0.6) is 0 Å². The van der Waals surface area contributed by atoms with Gasteiger partial charge in [-0.3, -0.25) is 4.90 Å². The number of piperidine rings is 1. The van der Waals surface area contributed by atoms with Gasteiger partial charge in [0.05, 0.1) is 0 Å². The first-order valence-electron chi connectivity index (χ1n) is 6.72. The number of nitrogens with one attached hydrogen (secondary N) is 1. The van der Waals surface area contributed by atoms with E-state index in [1.165, 1.54) is 52.1 Å². The van der Waals surface area contributed by atoms with Gasteiger partial charge in [0.25, 0.3) is 0 Å². The molecule has 0 aromatic carbocycles. The highest BCUT2D eigenvalue weighted by molar-refractivity contribution is 4.90. The van der Waals surface area contributed by atoms with Crippen molar-refractivity contribution >= 4 is 0 Å². The maximum atomic E-state index is 3.45. The molecule has 2 rings (SSSR count). The summed E-state index contributed by atoms with van der Waals surface area (Å²) in [5, 5.41) is 3.45. The third-order valence-electron chi connectivity index (χ3n) is 4.20. The quantitative estimate of drug-likeness (QED) is 0.757. The monoisotopic (exact) mass is 225 g/mol. The molecule has 0 saturated carbocycles. The molecular weight excluding hydrogens is 198 g/mol. The Balaban J connectivity index is 1.87. The number of nitrogens with zero attached hydrogens (tertiary/aromatic N) is 2. The van der Waals surface area contributed by atoms with Crippen LogP contribution in [0.3, 0.4) is 0 Å². The lowest BCUT2D eigenvalue weighted by atomic mass is 9.92. The van der Waals surface area contributed by atoms with Crippen LogP contribution in [0.25, 0.3) is 0 Å². The fourth-order valence-corrected chi connectivity index (χ4v) is 3.15. The maximum Gasteiger partial charge on any atom is 0.0280 e. The summed E-state index contributed by atoms with van der Waals surface area (Å²) in [5.41, 5.74) is 0.359. The van der Waals surface area contributed by atoms with E-state index in [1.807, 2.05) is 0 Å². The third kappa shape index (κ3) is 2.96. The Morgan fingerprint density at radius 2 is 1.88 bits per heavy atom. The van der Waals surface area contributed by atoms with Crippen LogP contribution in [0.15, 0.2) is 0 Å². The summed E-state index contributed by atoms with van der Waals surface area (Å²) in [5.74, 6) is 0.920. The minimum atomic E-state index is 0.359.